The first-order valence-electron chi connectivity index (χ1n) is 6.53. The van der Waals surface area contributed by atoms with E-state index in [0.29, 0.717) is 12.3 Å². The maximum absolute atomic E-state index is 12.1. The summed E-state index contributed by atoms with van der Waals surface area (Å²) >= 11 is 0. The molecule has 0 spiro atoms. The van der Waals surface area contributed by atoms with E-state index >= 15 is 0 Å². The van der Waals surface area contributed by atoms with E-state index in [-0.39, 0.29) is 12.6 Å². The molecule has 3 nitrogen and oxygen atoms in total. The number of nitrogens with one attached hydrogen (secondary N) is 1. The lowest BCUT2D eigenvalue weighted by Gasteiger charge is -2.12. The average Bonchev–Trinajstić information content (AvgIpc) is 2.71. The number of benzene rings is 1. The summed E-state index contributed by atoms with van der Waals surface area (Å²) in [5, 5.41) is 2.78. The fraction of sp³-hybridized carbons (Fsp3) is 0.571. The number of methoxy groups -OCH3 is 1. The van der Waals surface area contributed by atoms with Crippen LogP contribution in [0.15, 0.2) is 12.1 Å². The van der Waals surface area contributed by atoms with Gasteiger partial charge in [0, 0.05) is 30.6 Å². The van der Waals surface area contributed by atoms with Crippen molar-refractivity contribution in [3.8, 4) is 11.5 Å². The normalized spacial score (nSPS) is 17.8. The van der Waals surface area contributed by atoms with Crippen molar-refractivity contribution in [3.05, 3.63) is 23.3 Å². The van der Waals surface area contributed by atoms with E-state index in [9.17, 15) is 13.2 Å². The van der Waals surface area contributed by atoms with Gasteiger partial charge >= 0.3 is 6.18 Å². The zero-order valence-corrected chi connectivity index (χ0v) is 11.5. The van der Waals surface area contributed by atoms with Crippen LogP contribution in [0.1, 0.15) is 24.5 Å². The summed E-state index contributed by atoms with van der Waals surface area (Å²) in [5.41, 5.74) is 1.89. The monoisotopic (exact) mass is 289 g/mol. The summed E-state index contributed by atoms with van der Waals surface area (Å²) in [7, 11) is 1.56. The number of hydrogen-bond acceptors (Lipinski definition) is 3. The lowest BCUT2D eigenvalue weighted by Crippen LogP contribution is -2.21. The first kappa shape index (κ1) is 15.0. The molecule has 1 N–H and O–H groups in total. The molecule has 0 amide bonds. The molecule has 1 aliphatic rings. The van der Waals surface area contributed by atoms with Crippen molar-refractivity contribution in [2.24, 2.45) is 0 Å². The summed E-state index contributed by atoms with van der Waals surface area (Å²) in [6.45, 7) is 2.19. The molecule has 112 valence electrons. The van der Waals surface area contributed by atoms with E-state index in [1.807, 2.05) is 19.1 Å². The number of rotatable bonds is 5. The molecule has 2 rings (SSSR count). The average molecular weight is 289 g/mol. The van der Waals surface area contributed by atoms with Crippen LogP contribution in [-0.2, 0) is 13.0 Å². The van der Waals surface area contributed by atoms with Crippen molar-refractivity contribution in [2.75, 3.05) is 13.7 Å². The van der Waals surface area contributed by atoms with Crippen molar-refractivity contribution in [1.29, 1.82) is 0 Å². The first-order chi connectivity index (χ1) is 9.39. The molecule has 0 bridgehead atoms. The topological polar surface area (TPSA) is 30.5 Å². The van der Waals surface area contributed by atoms with Gasteiger partial charge < -0.3 is 14.8 Å². The lowest BCUT2D eigenvalue weighted by molar-refractivity contribution is -0.133. The van der Waals surface area contributed by atoms with Gasteiger partial charge in [0.2, 0.25) is 0 Å². The van der Waals surface area contributed by atoms with E-state index in [1.54, 1.807) is 7.11 Å². The van der Waals surface area contributed by atoms with Crippen molar-refractivity contribution in [2.45, 2.75) is 38.6 Å². The van der Waals surface area contributed by atoms with Gasteiger partial charge in [-0.3, -0.25) is 0 Å². The van der Waals surface area contributed by atoms with Gasteiger partial charge in [-0.05, 0) is 19.1 Å². The van der Waals surface area contributed by atoms with Crippen LogP contribution in [0, 0.1) is 0 Å². The van der Waals surface area contributed by atoms with Crippen LogP contribution >= 0.6 is 0 Å². The highest BCUT2D eigenvalue weighted by atomic mass is 19.4. The Kier molecular flexibility index (Phi) is 4.42. The Morgan fingerprint density at radius 1 is 1.40 bits per heavy atom. The van der Waals surface area contributed by atoms with Gasteiger partial charge in [0.05, 0.1) is 13.5 Å². The number of hydrogen-bond donors (Lipinski definition) is 1. The minimum absolute atomic E-state index is 0.110. The Morgan fingerprint density at radius 3 is 2.80 bits per heavy atom. The standard InChI is InChI=1S/C14H18F3NO2/c1-9-5-10-6-12(19-2)11(7-13(10)20-9)8-18-4-3-14(15,16)17/h6-7,9,18H,3-5,8H2,1-2H3. The Labute approximate surface area is 116 Å². The molecule has 1 unspecified atom stereocenters. The maximum Gasteiger partial charge on any atom is 0.390 e. The van der Waals surface area contributed by atoms with Gasteiger partial charge in [0.25, 0.3) is 0 Å². The van der Waals surface area contributed by atoms with Gasteiger partial charge in [-0.1, -0.05) is 0 Å². The van der Waals surface area contributed by atoms with Gasteiger partial charge in [-0.25, -0.2) is 0 Å². The fourth-order valence-corrected chi connectivity index (χ4v) is 2.26. The molecule has 20 heavy (non-hydrogen) atoms. The van der Waals surface area contributed by atoms with Gasteiger partial charge in [-0.2, -0.15) is 13.2 Å². The van der Waals surface area contributed by atoms with Crippen molar-refractivity contribution >= 4 is 0 Å². The molecule has 6 heteroatoms. The highest BCUT2D eigenvalue weighted by Gasteiger charge is 2.26. The van der Waals surface area contributed by atoms with Crippen LogP contribution in [0.4, 0.5) is 13.2 Å². The quantitative estimate of drug-likeness (QED) is 0.845. The molecule has 0 aromatic heterocycles. The molecule has 0 aliphatic carbocycles. The molecule has 0 saturated carbocycles. The van der Waals surface area contributed by atoms with Crippen LogP contribution < -0.4 is 14.8 Å². The number of halogens is 3. The van der Waals surface area contributed by atoms with Crippen LogP contribution in [0.5, 0.6) is 11.5 Å². The largest absolute Gasteiger partial charge is 0.496 e. The fourth-order valence-electron chi connectivity index (χ4n) is 2.26. The Balaban J connectivity index is 1.99. The van der Waals surface area contributed by atoms with Crippen LogP contribution in [-0.4, -0.2) is 25.9 Å². The van der Waals surface area contributed by atoms with E-state index in [1.165, 1.54) is 0 Å². The Morgan fingerprint density at radius 2 is 2.15 bits per heavy atom. The van der Waals surface area contributed by atoms with Crippen LogP contribution in [0.3, 0.4) is 0 Å². The zero-order valence-electron chi connectivity index (χ0n) is 11.5. The number of fused-ring (bicyclic) bond motifs is 1. The number of ether oxygens (including phenoxy) is 2. The van der Waals surface area contributed by atoms with Crippen molar-refractivity contribution < 1.29 is 22.6 Å². The highest BCUT2D eigenvalue weighted by Crippen LogP contribution is 2.34. The summed E-state index contributed by atoms with van der Waals surface area (Å²) in [4.78, 5) is 0. The lowest BCUT2D eigenvalue weighted by atomic mass is 10.1. The Hall–Kier alpha value is -1.43. The minimum atomic E-state index is -4.13. The summed E-state index contributed by atoms with van der Waals surface area (Å²) in [5.74, 6) is 1.48. The van der Waals surface area contributed by atoms with Gasteiger partial charge in [-0.15, -0.1) is 0 Å². The second-order valence-corrected chi connectivity index (χ2v) is 4.95. The third-order valence-electron chi connectivity index (χ3n) is 3.20. The smallest absolute Gasteiger partial charge is 0.390 e. The summed E-state index contributed by atoms with van der Waals surface area (Å²) in [6.07, 6.45) is -4.02. The molecule has 0 radical (unpaired) electrons. The predicted octanol–water partition coefficient (Wildman–Crippen LogP) is 3.06. The molecular formula is C14H18F3NO2. The SMILES string of the molecule is COc1cc2c(cc1CNCCC(F)(F)F)OC(C)C2. The molecular weight excluding hydrogens is 271 g/mol. The second kappa shape index (κ2) is 5.91. The maximum atomic E-state index is 12.1. The molecule has 1 heterocycles. The number of alkyl halides is 3. The summed E-state index contributed by atoms with van der Waals surface area (Å²) in [6, 6.07) is 3.75. The minimum Gasteiger partial charge on any atom is -0.496 e. The highest BCUT2D eigenvalue weighted by molar-refractivity contribution is 5.48. The van der Waals surface area contributed by atoms with E-state index in [2.05, 4.69) is 5.32 Å². The molecule has 1 aliphatic heterocycles. The van der Waals surface area contributed by atoms with Crippen LogP contribution in [0.25, 0.3) is 0 Å². The third kappa shape index (κ3) is 3.79. The Bertz CT molecular complexity index is 474. The second-order valence-electron chi connectivity index (χ2n) is 4.95. The van der Waals surface area contributed by atoms with E-state index in [4.69, 9.17) is 9.47 Å². The third-order valence-corrected chi connectivity index (χ3v) is 3.20. The van der Waals surface area contributed by atoms with Gasteiger partial charge in [0.15, 0.2) is 0 Å². The molecule has 1 aromatic carbocycles. The summed E-state index contributed by atoms with van der Waals surface area (Å²) < 4.78 is 47.1. The molecule has 1 atom stereocenters. The zero-order chi connectivity index (χ0) is 14.8. The van der Waals surface area contributed by atoms with E-state index < -0.39 is 12.6 Å². The molecule has 0 fully saturated rings. The van der Waals surface area contributed by atoms with E-state index in [0.717, 1.165) is 23.3 Å². The van der Waals surface area contributed by atoms with Crippen molar-refractivity contribution in [3.63, 3.8) is 0 Å². The molecule has 0 saturated heterocycles. The molecule has 1 aromatic rings. The predicted molar refractivity (Wildman–Crippen MR) is 69.2 cm³/mol. The van der Waals surface area contributed by atoms with Gasteiger partial charge in [0.1, 0.15) is 17.6 Å². The van der Waals surface area contributed by atoms with Crippen LogP contribution in [0.2, 0.25) is 0 Å². The first-order valence-corrected chi connectivity index (χ1v) is 6.53. The van der Waals surface area contributed by atoms with Crippen molar-refractivity contribution in [1.82, 2.24) is 5.32 Å².